The van der Waals surface area contributed by atoms with Gasteiger partial charge in [-0.2, -0.15) is 0 Å². The zero-order chi connectivity index (χ0) is 11.8. The lowest BCUT2D eigenvalue weighted by atomic mass is 9.92. The van der Waals surface area contributed by atoms with E-state index in [1.165, 1.54) is 25.7 Å². The predicted molar refractivity (Wildman–Crippen MR) is 66.6 cm³/mol. The van der Waals surface area contributed by atoms with Gasteiger partial charge in [-0.25, -0.2) is 10.4 Å². The van der Waals surface area contributed by atoms with Crippen molar-refractivity contribution in [3.8, 4) is 0 Å². The van der Waals surface area contributed by atoms with Crippen LogP contribution in [0.3, 0.4) is 0 Å². The van der Waals surface area contributed by atoms with Crippen molar-refractivity contribution in [1.29, 1.82) is 0 Å². The Kier molecular flexibility index (Phi) is 6.11. The van der Waals surface area contributed by atoms with Gasteiger partial charge in [-0.1, -0.05) is 39.5 Å². The van der Waals surface area contributed by atoms with E-state index in [4.69, 9.17) is 5.84 Å². The summed E-state index contributed by atoms with van der Waals surface area (Å²) < 4.78 is 0. The molecule has 4 heteroatoms. The maximum atomic E-state index is 5.59. The summed E-state index contributed by atoms with van der Waals surface area (Å²) >= 11 is 0. The normalized spacial score (nSPS) is 14.9. The molecule has 16 heavy (non-hydrogen) atoms. The number of H-pyrrole nitrogens is 1. The van der Waals surface area contributed by atoms with Crippen LogP contribution in [0.4, 0.5) is 0 Å². The molecule has 4 nitrogen and oxygen atoms in total. The molecule has 1 rings (SSSR count). The Balaban J connectivity index is 2.47. The molecule has 0 amide bonds. The minimum absolute atomic E-state index is 0.150. The number of hydrazine groups is 1. The van der Waals surface area contributed by atoms with Gasteiger partial charge in [0.25, 0.3) is 0 Å². The van der Waals surface area contributed by atoms with E-state index in [2.05, 4.69) is 29.2 Å². The first-order valence-corrected chi connectivity index (χ1v) is 6.27. The maximum absolute atomic E-state index is 5.59. The summed E-state index contributed by atoms with van der Waals surface area (Å²) in [7, 11) is 0. The van der Waals surface area contributed by atoms with Crippen LogP contribution in [0, 0.1) is 5.92 Å². The van der Waals surface area contributed by atoms with Crippen molar-refractivity contribution < 1.29 is 0 Å². The fraction of sp³-hybridized carbons (Fsp3) is 0.750. The van der Waals surface area contributed by atoms with E-state index < -0.39 is 0 Å². The van der Waals surface area contributed by atoms with Crippen LogP contribution in [0.25, 0.3) is 0 Å². The second kappa shape index (κ2) is 7.41. The highest BCUT2D eigenvalue weighted by Crippen LogP contribution is 2.24. The van der Waals surface area contributed by atoms with Gasteiger partial charge in [0.2, 0.25) is 0 Å². The third kappa shape index (κ3) is 3.94. The second-order valence-electron chi connectivity index (χ2n) is 4.35. The van der Waals surface area contributed by atoms with Crippen molar-refractivity contribution in [1.82, 2.24) is 15.4 Å². The molecule has 0 aromatic carbocycles. The number of aromatic amines is 1. The highest BCUT2D eigenvalue weighted by Gasteiger charge is 2.17. The molecule has 1 aromatic rings. The molecule has 1 heterocycles. The molecule has 0 radical (unpaired) electrons. The van der Waals surface area contributed by atoms with Crippen LogP contribution >= 0.6 is 0 Å². The number of hydrogen-bond donors (Lipinski definition) is 3. The summed E-state index contributed by atoms with van der Waals surface area (Å²) in [5.74, 6) is 7.26. The molecule has 1 aromatic heterocycles. The van der Waals surface area contributed by atoms with Crippen molar-refractivity contribution in [2.45, 2.75) is 52.0 Å². The summed E-state index contributed by atoms with van der Waals surface area (Å²) in [6.07, 6.45) is 9.72. The number of nitrogens with zero attached hydrogens (tertiary/aromatic N) is 1. The van der Waals surface area contributed by atoms with Gasteiger partial charge in [-0.15, -0.1) is 0 Å². The van der Waals surface area contributed by atoms with Crippen LogP contribution < -0.4 is 11.3 Å². The Bertz CT molecular complexity index is 258. The molecule has 2 unspecified atom stereocenters. The highest BCUT2D eigenvalue weighted by molar-refractivity contribution is 4.95. The number of nitrogens with two attached hydrogens (primary N) is 1. The van der Waals surface area contributed by atoms with E-state index in [0.29, 0.717) is 0 Å². The Morgan fingerprint density at radius 2 is 2.31 bits per heavy atom. The largest absolute Gasteiger partial charge is 0.347 e. The SMILES string of the molecule is CCCCC(CC)CC(NN)c1ncc[nH]1. The molecule has 4 N–H and O–H groups in total. The topological polar surface area (TPSA) is 66.7 Å². The summed E-state index contributed by atoms with van der Waals surface area (Å²) in [5, 5.41) is 0. The molecule has 0 saturated heterocycles. The number of imidazole rings is 1. The van der Waals surface area contributed by atoms with Crippen LogP contribution in [0.15, 0.2) is 12.4 Å². The van der Waals surface area contributed by atoms with Gasteiger partial charge >= 0.3 is 0 Å². The minimum Gasteiger partial charge on any atom is -0.347 e. The lowest BCUT2D eigenvalue weighted by Gasteiger charge is -2.20. The lowest BCUT2D eigenvalue weighted by Crippen LogP contribution is -2.30. The molecule has 2 atom stereocenters. The molecule has 0 aliphatic rings. The van der Waals surface area contributed by atoms with E-state index >= 15 is 0 Å². The molecule has 0 fully saturated rings. The van der Waals surface area contributed by atoms with Gasteiger partial charge in [0, 0.05) is 12.4 Å². The summed E-state index contributed by atoms with van der Waals surface area (Å²) in [5.41, 5.74) is 2.85. The Hall–Kier alpha value is -0.870. The second-order valence-corrected chi connectivity index (χ2v) is 4.35. The molecule has 0 aliphatic carbocycles. The number of unbranched alkanes of at least 4 members (excludes halogenated alkanes) is 1. The fourth-order valence-corrected chi connectivity index (χ4v) is 2.04. The van der Waals surface area contributed by atoms with Crippen LogP contribution in [0.2, 0.25) is 0 Å². The quantitative estimate of drug-likeness (QED) is 0.469. The average Bonchev–Trinajstić information content (AvgIpc) is 2.83. The number of nitrogens with one attached hydrogen (secondary N) is 2. The first-order valence-electron chi connectivity index (χ1n) is 6.27. The van der Waals surface area contributed by atoms with Gasteiger partial charge in [0.1, 0.15) is 5.82 Å². The van der Waals surface area contributed by atoms with Crippen LogP contribution in [-0.4, -0.2) is 9.97 Å². The summed E-state index contributed by atoms with van der Waals surface area (Å²) in [4.78, 5) is 7.38. The van der Waals surface area contributed by atoms with E-state index in [-0.39, 0.29) is 6.04 Å². The molecule has 0 spiro atoms. The average molecular weight is 224 g/mol. The highest BCUT2D eigenvalue weighted by atomic mass is 15.2. The third-order valence-electron chi connectivity index (χ3n) is 3.16. The summed E-state index contributed by atoms with van der Waals surface area (Å²) in [6, 6.07) is 0.150. The van der Waals surface area contributed by atoms with Gasteiger partial charge in [-0.3, -0.25) is 5.84 Å². The minimum atomic E-state index is 0.150. The Morgan fingerprint density at radius 3 is 2.81 bits per heavy atom. The van der Waals surface area contributed by atoms with Gasteiger partial charge < -0.3 is 4.98 Å². The fourth-order valence-electron chi connectivity index (χ4n) is 2.04. The van der Waals surface area contributed by atoms with E-state index in [1.54, 1.807) is 6.20 Å². The number of aromatic nitrogens is 2. The standard InChI is InChI=1S/C12H24N4/c1-3-5-6-10(4-2)9-11(16-13)12-14-7-8-15-12/h7-8,10-11,16H,3-6,9,13H2,1-2H3,(H,14,15). The van der Waals surface area contributed by atoms with Gasteiger partial charge in [-0.05, 0) is 12.3 Å². The predicted octanol–water partition coefficient (Wildman–Crippen LogP) is 2.52. The molecule has 0 bridgehead atoms. The van der Waals surface area contributed by atoms with Crippen LogP contribution in [0.1, 0.15) is 57.8 Å². The third-order valence-corrected chi connectivity index (χ3v) is 3.16. The maximum Gasteiger partial charge on any atom is 0.124 e. The smallest absolute Gasteiger partial charge is 0.124 e. The van der Waals surface area contributed by atoms with E-state index in [0.717, 1.165) is 18.2 Å². The summed E-state index contributed by atoms with van der Waals surface area (Å²) in [6.45, 7) is 4.48. The Labute approximate surface area is 98.0 Å². The van der Waals surface area contributed by atoms with Gasteiger partial charge in [0.15, 0.2) is 0 Å². The molecular formula is C12H24N4. The molecule has 92 valence electrons. The van der Waals surface area contributed by atoms with E-state index in [9.17, 15) is 0 Å². The monoisotopic (exact) mass is 224 g/mol. The van der Waals surface area contributed by atoms with Crippen molar-refractivity contribution in [2.75, 3.05) is 0 Å². The van der Waals surface area contributed by atoms with Crippen molar-refractivity contribution in [3.63, 3.8) is 0 Å². The molecule has 0 aliphatic heterocycles. The van der Waals surface area contributed by atoms with Crippen molar-refractivity contribution >= 4 is 0 Å². The molecule has 0 saturated carbocycles. The molecular weight excluding hydrogens is 200 g/mol. The number of hydrogen-bond acceptors (Lipinski definition) is 3. The van der Waals surface area contributed by atoms with Crippen LogP contribution in [-0.2, 0) is 0 Å². The van der Waals surface area contributed by atoms with E-state index in [1.807, 2.05) is 6.20 Å². The van der Waals surface area contributed by atoms with Crippen LogP contribution in [0.5, 0.6) is 0 Å². The zero-order valence-corrected chi connectivity index (χ0v) is 10.4. The van der Waals surface area contributed by atoms with Crippen molar-refractivity contribution in [3.05, 3.63) is 18.2 Å². The first-order chi connectivity index (χ1) is 7.81. The van der Waals surface area contributed by atoms with Crippen molar-refractivity contribution in [2.24, 2.45) is 11.8 Å². The number of rotatable bonds is 8. The lowest BCUT2D eigenvalue weighted by molar-refractivity contribution is 0.349. The Morgan fingerprint density at radius 1 is 1.50 bits per heavy atom. The first kappa shape index (κ1) is 13.2. The van der Waals surface area contributed by atoms with Gasteiger partial charge in [0.05, 0.1) is 6.04 Å². The zero-order valence-electron chi connectivity index (χ0n) is 10.4.